The Hall–Kier alpha value is -1.77. The molecule has 0 aliphatic heterocycles. The molecule has 0 saturated carbocycles. The molecular weight excluding hydrogens is 222 g/mol. The minimum atomic E-state index is 0.526. The van der Waals surface area contributed by atoms with Gasteiger partial charge in [0.2, 0.25) is 0 Å². The summed E-state index contributed by atoms with van der Waals surface area (Å²) in [6.45, 7) is 4.43. The van der Waals surface area contributed by atoms with Crippen molar-refractivity contribution in [3.8, 4) is 0 Å². The molecule has 0 fully saturated rings. The second kappa shape index (κ2) is 5.71. The zero-order valence-corrected chi connectivity index (χ0v) is 11.1. The van der Waals surface area contributed by atoms with Crippen LogP contribution in [0.2, 0.25) is 0 Å². The van der Waals surface area contributed by atoms with Gasteiger partial charge in [0.25, 0.3) is 0 Å². The van der Waals surface area contributed by atoms with Crippen LogP contribution in [0, 0.1) is 0 Å². The molecule has 3 heteroatoms. The van der Waals surface area contributed by atoms with Crippen molar-refractivity contribution in [2.24, 2.45) is 0 Å². The van der Waals surface area contributed by atoms with E-state index in [1.54, 1.807) is 0 Å². The molecule has 1 aromatic carbocycles. The zero-order valence-electron chi connectivity index (χ0n) is 11.1. The summed E-state index contributed by atoms with van der Waals surface area (Å²) >= 11 is 0. The maximum Gasteiger partial charge on any atom is 0.0743 e. The van der Waals surface area contributed by atoms with E-state index in [9.17, 15) is 0 Å². The summed E-state index contributed by atoms with van der Waals surface area (Å²) in [7, 11) is 0. The van der Waals surface area contributed by atoms with E-state index < -0.39 is 0 Å². The number of hydrogen-bond acceptors (Lipinski definition) is 3. The van der Waals surface area contributed by atoms with E-state index in [0.717, 1.165) is 28.7 Å². The predicted octanol–water partition coefficient (Wildman–Crippen LogP) is 3.81. The van der Waals surface area contributed by atoms with Crippen LogP contribution in [0.3, 0.4) is 0 Å². The van der Waals surface area contributed by atoms with Gasteiger partial charge >= 0.3 is 0 Å². The summed E-state index contributed by atoms with van der Waals surface area (Å²) in [4.78, 5) is 4.36. The van der Waals surface area contributed by atoms with Crippen LogP contribution in [0.15, 0.2) is 30.5 Å². The summed E-state index contributed by atoms with van der Waals surface area (Å²) in [5, 5.41) is 4.75. The Morgan fingerprint density at radius 2 is 2.11 bits per heavy atom. The number of pyridine rings is 1. The molecule has 18 heavy (non-hydrogen) atoms. The molecule has 0 saturated heterocycles. The summed E-state index contributed by atoms with van der Waals surface area (Å²) in [6, 6.07) is 8.45. The number of nitrogens with one attached hydrogen (secondary N) is 1. The quantitative estimate of drug-likeness (QED) is 0.785. The van der Waals surface area contributed by atoms with Crippen LogP contribution in [0.1, 0.15) is 33.1 Å². The third-order valence-corrected chi connectivity index (χ3v) is 3.26. The van der Waals surface area contributed by atoms with E-state index in [4.69, 9.17) is 5.73 Å². The maximum atomic E-state index is 5.79. The lowest BCUT2D eigenvalue weighted by Crippen LogP contribution is -2.18. The van der Waals surface area contributed by atoms with Gasteiger partial charge in [-0.25, -0.2) is 0 Å². The molecule has 0 amide bonds. The van der Waals surface area contributed by atoms with Crippen LogP contribution in [0.5, 0.6) is 0 Å². The molecule has 0 aliphatic carbocycles. The molecule has 0 bridgehead atoms. The van der Waals surface area contributed by atoms with E-state index in [1.807, 2.05) is 30.5 Å². The SMILES string of the molecule is CCCC(CC)Nc1ccnc2cc(N)ccc12. The summed E-state index contributed by atoms with van der Waals surface area (Å²) in [5.41, 5.74) is 8.65. The molecule has 3 N–H and O–H groups in total. The fourth-order valence-electron chi connectivity index (χ4n) is 2.24. The van der Waals surface area contributed by atoms with Crippen molar-refractivity contribution in [1.82, 2.24) is 4.98 Å². The fraction of sp³-hybridized carbons (Fsp3) is 0.400. The smallest absolute Gasteiger partial charge is 0.0743 e. The van der Waals surface area contributed by atoms with Crippen LogP contribution in [0.4, 0.5) is 11.4 Å². The Labute approximate surface area is 108 Å². The lowest BCUT2D eigenvalue weighted by atomic mass is 10.1. The first kappa shape index (κ1) is 12.7. The molecule has 0 radical (unpaired) electrons. The van der Waals surface area contributed by atoms with E-state index in [0.29, 0.717) is 6.04 Å². The van der Waals surface area contributed by atoms with Crippen molar-refractivity contribution in [3.05, 3.63) is 30.5 Å². The van der Waals surface area contributed by atoms with Gasteiger partial charge in [-0.2, -0.15) is 0 Å². The monoisotopic (exact) mass is 243 g/mol. The number of benzene rings is 1. The van der Waals surface area contributed by atoms with Crippen molar-refractivity contribution in [3.63, 3.8) is 0 Å². The second-order valence-corrected chi connectivity index (χ2v) is 4.67. The number of nitrogen functional groups attached to an aromatic ring is 1. The van der Waals surface area contributed by atoms with Gasteiger partial charge in [0, 0.05) is 29.0 Å². The van der Waals surface area contributed by atoms with Crippen LogP contribution in [-0.2, 0) is 0 Å². The Balaban J connectivity index is 2.32. The third-order valence-electron chi connectivity index (χ3n) is 3.26. The highest BCUT2D eigenvalue weighted by Crippen LogP contribution is 2.24. The largest absolute Gasteiger partial charge is 0.399 e. The molecule has 0 spiro atoms. The number of fused-ring (bicyclic) bond motifs is 1. The number of aromatic nitrogens is 1. The van der Waals surface area contributed by atoms with Crippen LogP contribution < -0.4 is 11.1 Å². The van der Waals surface area contributed by atoms with Crippen molar-refractivity contribution in [1.29, 1.82) is 0 Å². The van der Waals surface area contributed by atoms with Gasteiger partial charge in [-0.15, -0.1) is 0 Å². The lowest BCUT2D eigenvalue weighted by molar-refractivity contribution is 0.623. The predicted molar refractivity (Wildman–Crippen MR) is 78.8 cm³/mol. The average molecular weight is 243 g/mol. The third kappa shape index (κ3) is 2.73. The van der Waals surface area contributed by atoms with Gasteiger partial charge in [-0.05, 0) is 37.1 Å². The lowest BCUT2D eigenvalue weighted by Gasteiger charge is -2.18. The van der Waals surface area contributed by atoms with Gasteiger partial charge in [-0.1, -0.05) is 20.3 Å². The average Bonchev–Trinajstić information content (AvgIpc) is 2.38. The fourth-order valence-corrected chi connectivity index (χ4v) is 2.24. The molecule has 1 aromatic heterocycles. The molecule has 2 aromatic rings. The number of nitrogens with zero attached hydrogens (tertiary/aromatic N) is 1. The molecule has 0 aliphatic rings. The van der Waals surface area contributed by atoms with Crippen molar-refractivity contribution >= 4 is 22.3 Å². The Bertz CT molecular complexity index is 522. The van der Waals surface area contributed by atoms with E-state index >= 15 is 0 Å². The summed E-state index contributed by atoms with van der Waals surface area (Å²) in [6.07, 6.45) is 5.35. The first-order chi connectivity index (χ1) is 8.74. The van der Waals surface area contributed by atoms with Crippen molar-refractivity contribution < 1.29 is 0 Å². The van der Waals surface area contributed by atoms with Crippen LogP contribution in [0.25, 0.3) is 10.9 Å². The highest BCUT2D eigenvalue weighted by atomic mass is 14.9. The number of anilines is 2. The van der Waals surface area contributed by atoms with Gasteiger partial charge in [0.1, 0.15) is 0 Å². The summed E-state index contributed by atoms with van der Waals surface area (Å²) in [5.74, 6) is 0. The van der Waals surface area contributed by atoms with Gasteiger partial charge in [0.15, 0.2) is 0 Å². The van der Waals surface area contributed by atoms with Crippen molar-refractivity contribution in [2.45, 2.75) is 39.2 Å². The summed E-state index contributed by atoms with van der Waals surface area (Å²) < 4.78 is 0. The first-order valence-corrected chi connectivity index (χ1v) is 6.65. The van der Waals surface area contributed by atoms with E-state index in [-0.39, 0.29) is 0 Å². The Morgan fingerprint density at radius 3 is 2.83 bits per heavy atom. The van der Waals surface area contributed by atoms with Gasteiger partial charge < -0.3 is 11.1 Å². The number of hydrogen-bond donors (Lipinski definition) is 2. The highest BCUT2D eigenvalue weighted by Gasteiger charge is 2.07. The Kier molecular flexibility index (Phi) is 4.03. The highest BCUT2D eigenvalue weighted by molar-refractivity contribution is 5.92. The molecule has 1 heterocycles. The topological polar surface area (TPSA) is 50.9 Å². The minimum Gasteiger partial charge on any atom is -0.399 e. The van der Waals surface area contributed by atoms with Crippen LogP contribution in [-0.4, -0.2) is 11.0 Å². The van der Waals surface area contributed by atoms with Gasteiger partial charge in [0.05, 0.1) is 5.52 Å². The van der Waals surface area contributed by atoms with Crippen LogP contribution >= 0.6 is 0 Å². The number of rotatable bonds is 5. The molecule has 3 nitrogen and oxygen atoms in total. The molecule has 1 atom stereocenters. The molecular formula is C15H21N3. The van der Waals surface area contributed by atoms with Gasteiger partial charge in [-0.3, -0.25) is 4.98 Å². The zero-order chi connectivity index (χ0) is 13.0. The first-order valence-electron chi connectivity index (χ1n) is 6.65. The molecule has 96 valence electrons. The Morgan fingerprint density at radius 1 is 1.28 bits per heavy atom. The maximum absolute atomic E-state index is 5.79. The molecule has 1 unspecified atom stereocenters. The molecule has 2 rings (SSSR count). The van der Waals surface area contributed by atoms with E-state index in [1.165, 1.54) is 12.8 Å². The minimum absolute atomic E-state index is 0.526. The normalized spacial score (nSPS) is 12.6. The standard InChI is InChI=1S/C15H21N3/c1-3-5-12(4-2)18-14-8-9-17-15-10-11(16)6-7-13(14)15/h6-10,12H,3-5,16H2,1-2H3,(H,17,18). The second-order valence-electron chi connectivity index (χ2n) is 4.67. The number of nitrogens with two attached hydrogens (primary N) is 1. The van der Waals surface area contributed by atoms with Crippen molar-refractivity contribution in [2.75, 3.05) is 11.1 Å². The van der Waals surface area contributed by atoms with E-state index in [2.05, 4.69) is 24.1 Å².